The fraction of sp³-hybridized carbons (Fsp3) is 0.278. The lowest BCUT2D eigenvalue weighted by molar-refractivity contribution is 0.0910. The molecule has 2 rings (SSSR count). The van der Waals surface area contributed by atoms with Gasteiger partial charge >= 0.3 is 0 Å². The van der Waals surface area contributed by atoms with Gasteiger partial charge < -0.3 is 9.64 Å². The van der Waals surface area contributed by atoms with Crippen molar-refractivity contribution < 1.29 is 9.53 Å². The molecule has 2 aromatic rings. The van der Waals surface area contributed by atoms with E-state index in [2.05, 4.69) is 0 Å². The van der Waals surface area contributed by atoms with Crippen LogP contribution in [0.2, 0.25) is 5.02 Å². The molecule has 0 saturated heterocycles. The Morgan fingerprint density at radius 2 is 1.55 bits per heavy atom. The van der Waals surface area contributed by atoms with E-state index in [-0.39, 0.29) is 11.7 Å². The zero-order valence-electron chi connectivity index (χ0n) is 13.0. The third-order valence-corrected chi connectivity index (χ3v) is 3.53. The highest BCUT2D eigenvalue weighted by Crippen LogP contribution is 2.24. The van der Waals surface area contributed by atoms with Crippen LogP contribution in [0.1, 0.15) is 17.3 Å². The van der Waals surface area contributed by atoms with Crippen molar-refractivity contribution in [1.29, 1.82) is 0 Å². The van der Waals surface area contributed by atoms with Crippen LogP contribution >= 0.6 is 11.6 Å². The summed E-state index contributed by atoms with van der Waals surface area (Å²) in [7, 11) is 3.93. The Bertz CT molecular complexity index is 621. The van der Waals surface area contributed by atoms with Crippen LogP contribution < -0.4 is 4.74 Å². The highest BCUT2D eigenvalue weighted by Gasteiger charge is 2.15. The van der Waals surface area contributed by atoms with Gasteiger partial charge in [0, 0.05) is 23.0 Å². The van der Waals surface area contributed by atoms with Crippen molar-refractivity contribution in [3.8, 4) is 11.5 Å². The third-order valence-electron chi connectivity index (χ3n) is 3.27. The third kappa shape index (κ3) is 4.58. The number of carbonyl (C=O) groups excluding carboxylic acids is 1. The second-order valence-corrected chi connectivity index (χ2v) is 6.04. The van der Waals surface area contributed by atoms with Crippen LogP contribution in [0.25, 0.3) is 0 Å². The van der Waals surface area contributed by atoms with E-state index in [9.17, 15) is 4.79 Å². The van der Waals surface area contributed by atoms with Crippen molar-refractivity contribution in [2.75, 3.05) is 20.6 Å². The van der Waals surface area contributed by atoms with Crippen LogP contribution in [0.15, 0.2) is 48.5 Å². The zero-order chi connectivity index (χ0) is 16.1. The molecular formula is C18H20ClNO2. The molecule has 0 aliphatic carbocycles. The molecule has 0 heterocycles. The Morgan fingerprint density at radius 3 is 2.05 bits per heavy atom. The standard InChI is InChI=1S/C18H20ClNO2/c1-13(12-20(2)3)18(21)14-4-8-16(9-5-14)22-17-10-6-15(19)7-11-17/h4-11,13H,12H2,1-3H3. The number of ketones is 1. The Kier molecular flexibility index (Phi) is 5.58. The fourth-order valence-corrected chi connectivity index (χ4v) is 2.37. The first-order valence-corrected chi connectivity index (χ1v) is 7.56. The number of carbonyl (C=O) groups is 1. The average molecular weight is 318 g/mol. The maximum absolute atomic E-state index is 12.3. The average Bonchev–Trinajstić information content (AvgIpc) is 2.49. The molecule has 0 aliphatic rings. The van der Waals surface area contributed by atoms with Crippen LogP contribution in [0.4, 0.5) is 0 Å². The lowest BCUT2D eigenvalue weighted by Gasteiger charge is -2.16. The summed E-state index contributed by atoms with van der Waals surface area (Å²) >= 11 is 5.84. The maximum Gasteiger partial charge on any atom is 0.166 e. The van der Waals surface area contributed by atoms with Crippen molar-refractivity contribution in [2.45, 2.75) is 6.92 Å². The van der Waals surface area contributed by atoms with Gasteiger partial charge in [-0.3, -0.25) is 4.79 Å². The first kappa shape index (κ1) is 16.5. The summed E-state index contributed by atoms with van der Waals surface area (Å²) in [5, 5.41) is 0.670. The molecule has 0 amide bonds. The SMILES string of the molecule is CC(CN(C)C)C(=O)c1ccc(Oc2ccc(Cl)cc2)cc1. The minimum atomic E-state index is -0.0296. The number of benzene rings is 2. The minimum Gasteiger partial charge on any atom is -0.457 e. The Labute approximate surface area is 136 Å². The second kappa shape index (κ2) is 7.43. The molecule has 0 aromatic heterocycles. The first-order valence-electron chi connectivity index (χ1n) is 7.18. The van der Waals surface area contributed by atoms with Gasteiger partial charge in [0.1, 0.15) is 11.5 Å². The zero-order valence-corrected chi connectivity index (χ0v) is 13.8. The van der Waals surface area contributed by atoms with Gasteiger partial charge in [-0.1, -0.05) is 18.5 Å². The van der Waals surface area contributed by atoms with E-state index in [1.807, 2.05) is 38.1 Å². The van der Waals surface area contributed by atoms with Gasteiger partial charge in [-0.25, -0.2) is 0 Å². The van der Waals surface area contributed by atoms with Gasteiger partial charge in [0.15, 0.2) is 5.78 Å². The summed E-state index contributed by atoms with van der Waals surface area (Å²) in [6, 6.07) is 14.4. The molecule has 0 bridgehead atoms. The Balaban J connectivity index is 2.03. The second-order valence-electron chi connectivity index (χ2n) is 5.61. The molecule has 0 aliphatic heterocycles. The van der Waals surface area contributed by atoms with Gasteiger partial charge in [0.2, 0.25) is 0 Å². The van der Waals surface area contributed by atoms with Gasteiger partial charge in [-0.2, -0.15) is 0 Å². The molecule has 22 heavy (non-hydrogen) atoms. The van der Waals surface area contributed by atoms with Crippen molar-refractivity contribution in [1.82, 2.24) is 4.90 Å². The van der Waals surface area contributed by atoms with E-state index in [0.717, 1.165) is 6.54 Å². The number of rotatable bonds is 6. The summed E-state index contributed by atoms with van der Waals surface area (Å²) in [6.45, 7) is 2.68. The summed E-state index contributed by atoms with van der Waals surface area (Å²) in [6.07, 6.45) is 0. The van der Waals surface area contributed by atoms with Crippen molar-refractivity contribution >= 4 is 17.4 Å². The monoisotopic (exact) mass is 317 g/mol. The predicted octanol–water partition coefficient (Wildman–Crippen LogP) is 4.51. The molecule has 2 aromatic carbocycles. The molecule has 0 saturated carbocycles. The van der Waals surface area contributed by atoms with Gasteiger partial charge in [0.25, 0.3) is 0 Å². The highest BCUT2D eigenvalue weighted by molar-refractivity contribution is 6.30. The van der Waals surface area contributed by atoms with E-state index < -0.39 is 0 Å². The van der Waals surface area contributed by atoms with Crippen molar-refractivity contribution in [3.05, 3.63) is 59.1 Å². The highest BCUT2D eigenvalue weighted by atomic mass is 35.5. The summed E-state index contributed by atoms with van der Waals surface area (Å²) in [4.78, 5) is 14.3. The van der Waals surface area contributed by atoms with Gasteiger partial charge in [-0.15, -0.1) is 0 Å². The Hall–Kier alpha value is -1.84. The van der Waals surface area contributed by atoms with Gasteiger partial charge in [-0.05, 0) is 62.6 Å². The van der Waals surface area contributed by atoms with Crippen LogP contribution in [0.5, 0.6) is 11.5 Å². The maximum atomic E-state index is 12.3. The van der Waals surface area contributed by atoms with Crippen molar-refractivity contribution in [2.24, 2.45) is 5.92 Å². The molecular weight excluding hydrogens is 298 g/mol. The number of halogens is 1. The molecule has 4 heteroatoms. The number of hydrogen-bond donors (Lipinski definition) is 0. The largest absolute Gasteiger partial charge is 0.457 e. The predicted molar refractivity (Wildman–Crippen MR) is 90.0 cm³/mol. The van der Waals surface area contributed by atoms with Crippen LogP contribution in [0, 0.1) is 5.92 Å². The molecule has 0 fully saturated rings. The van der Waals surface area contributed by atoms with E-state index >= 15 is 0 Å². The minimum absolute atomic E-state index is 0.0296. The molecule has 116 valence electrons. The lowest BCUT2D eigenvalue weighted by atomic mass is 9.99. The number of ether oxygens (including phenoxy) is 1. The number of Topliss-reactive ketones (excluding diaryl/α,β-unsaturated/α-hetero) is 1. The summed E-state index contributed by atoms with van der Waals surface area (Å²) in [5.74, 6) is 1.52. The fourth-order valence-electron chi connectivity index (χ4n) is 2.24. The van der Waals surface area contributed by atoms with Gasteiger partial charge in [0.05, 0.1) is 0 Å². The molecule has 3 nitrogen and oxygen atoms in total. The quantitative estimate of drug-likeness (QED) is 0.734. The molecule has 0 radical (unpaired) electrons. The Morgan fingerprint density at radius 1 is 1.05 bits per heavy atom. The van der Waals surface area contributed by atoms with Crippen LogP contribution in [-0.2, 0) is 0 Å². The molecule has 0 N–H and O–H groups in total. The van der Waals surface area contributed by atoms with E-state index in [0.29, 0.717) is 22.1 Å². The van der Waals surface area contributed by atoms with E-state index in [1.54, 1.807) is 36.4 Å². The first-order chi connectivity index (χ1) is 10.5. The summed E-state index contributed by atoms with van der Waals surface area (Å²) < 4.78 is 5.71. The number of nitrogens with zero attached hydrogens (tertiary/aromatic N) is 1. The van der Waals surface area contributed by atoms with Crippen LogP contribution in [0.3, 0.4) is 0 Å². The van der Waals surface area contributed by atoms with Crippen LogP contribution in [-0.4, -0.2) is 31.3 Å². The summed E-state index contributed by atoms with van der Waals surface area (Å²) in [5.41, 5.74) is 0.706. The number of hydrogen-bond acceptors (Lipinski definition) is 3. The molecule has 0 spiro atoms. The topological polar surface area (TPSA) is 29.5 Å². The normalized spacial score (nSPS) is 12.2. The molecule has 1 unspecified atom stereocenters. The van der Waals surface area contributed by atoms with E-state index in [1.165, 1.54) is 0 Å². The van der Waals surface area contributed by atoms with E-state index in [4.69, 9.17) is 16.3 Å². The lowest BCUT2D eigenvalue weighted by Crippen LogP contribution is -2.25. The molecule has 1 atom stereocenters. The smallest absolute Gasteiger partial charge is 0.166 e. The van der Waals surface area contributed by atoms with Crippen molar-refractivity contribution in [3.63, 3.8) is 0 Å².